The maximum Gasteiger partial charge on any atom is 1.00 e. The molecule has 43 heavy (non-hydrogen) atoms. The summed E-state index contributed by atoms with van der Waals surface area (Å²) in [7, 11) is -9.14. The quantitative estimate of drug-likeness (QED) is 0.0998. The van der Waals surface area contributed by atoms with E-state index in [1.54, 1.807) is 18.2 Å². The van der Waals surface area contributed by atoms with Gasteiger partial charge in [0.15, 0.2) is 0 Å². The molecule has 8 nitrogen and oxygen atoms in total. The van der Waals surface area contributed by atoms with E-state index < -0.39 is 20.2 Å². The first-order chi connectivity index (χ1) is 19.6. The van der Waals surface area contributed by atoms with Gasteiger partial charge in [-0.1, -0.05) is 109 Å². The zero-order chi connectivity index (χ0) is 29.7. The molecule has 0 unspecified atom stereocenters. The maximum atomic E-state index is 11.5. The first-order valence-corrected chi connectivity index (χ1v) is 17.9. The third-order valence-corrected chi connectivity index (χ3v) is 9.32. The van der Waals surface area contributed by atoms with Gasteiger partial charge in [-0.2, -0.15) is 0 Å². The van der Waals surface area contributed by atoms with Crippen molar-refractivity contribution < 1.29 is 129 Å². The summed E-state index contributed by atoms with van der Waals surface area (Å²) in [6, 6.07) is 9.92. The van der Waals surface area contributed by atoms with Crippen molar-refractivity contribution in [3.05, 3.63) is 53.9 Å². The Balaban J connectivity index is 0.00000462. The topological polar surface area (TPSA) is 132 Å². The van der Waals surface area contributed by atoms with E-state index in [0.29, 0.717) is 24.0 Å². The fourth-order valence-electron chi connectivity index (χ4n) is 5.28. The minimum Gasteiger partial charge on any atom is -0.744 e. The summed E-state index contributed by atoms with van der Waals surface area (Å²) in [6.07, 6.45) is 19.8. The van der Waals surface area contributed by atoms with E-state index in [9.17, 15) is 25.9 Å². The van der Waals surface area contributed by atoms with Crippen molar-refractivity contribution in [2.45, 2.75) is 126 Å². The van der Waals surface area contributed by atoms with E-state index in [1.165, 1.54) is 101 Å². The first kappa shape index (κ1) is 42.0. The molecule has 12 heteroatoms. The van der Waals surface area contributed by atoms with Gasteiger partial charge in [0, 0.05) is 13.0 Å². The molecule has 0 fully saturated rings. The first-order valence-electron chi connectivity index (χ1n) is 15.1. The number of hydrogen-bond donors (Lipinski definition) is 0. The molecule has 1 heterocycles. The molecular weight excluding hydrogens is 639 g/mol. The largest absolute Gasteiger partial charge is 1.00 e. The molecule has 228 valence electrons. The number of aromatic nitrogens is 2. The molecule has 0 saturated heterocycles. The standard InChI is InChI=1S/C31H46N2O6S2.2K/c1-2-3-4-5-6-7-8-9-10-11-12-13-14-15-16-17-31-32-29-24-28(41(37,38)39)22-23-30(29)33(31)25-26-18-20-27(21-19-26)40(34,35)36;;/h18-24H,2-17,25H2,1H3,(H,34,35,36)(H,37,38,39);;/q;2*+1/p-2. The van der Waals surface area contributed by atoms with Crippen LogP contribution in [-0.2, 0) is 33.2 Å². The Hall–Kier alpha value is 1.00. The summed E-state index contributed by atoms with van der Waals surface area (Å²) in [5, 5.41) is 0. The number of imidazole rings is 1. The molecule has 3 rings (SSSR count). The summed E-state index contributed by atoms with van der Waals surface area (Å²) in [6.45, 7) is 2.62. The van der Waals surface area contributed by atoms with Crippen molar-refractivity contribution in [1.82, 2.24) is 9.55 Å². The van der Waals surface area contributed by atoms with Crippen LogP contribution in [0.4, 0.5) is 0 Å². The third-order valence-electron chi connectivity index (χ3n) is 7.64. The monoisotopic (exact) mass is 682 g/mol. The number of fused-ring (bicyclic) bond motifs is 1. The fraction of sp³-hybridized carbons (Fsp3) is 0.581. The minimum absolute atomic E-state index is 0. The van der Waals surface area contributed by atoms with Crippen molar-refractivity contribution in [2.75, 3.05) is 0 Å². The molecule has 0 N–H and O–H groups in total. The van der Waals surface area contributed by atoms with Crippen LogP contribution in [0, 0.1) is 0 Å². The molecule has 0 saturated carbocycles. The van der Waals surface area contributed by atoms with Crippen LogP contribution in [0.25, 0.3) is 11.0 Å². The summed E-state index contributed by atoms with van der Waals surface area (Å²) < 4.78 is 70.4. The van der Waals surface area contributed by atoms with Crippen LogP contribution >= 0.6 is 0 Å². The Morgan fingerprint density at radius 1 is 0.628 bits per heavy atom. The van der Waals surface area contributed by atoms with E-state index >= 15 is 0 Å². The van der Waals surface area contributed by atoms with Crippen molar-refractivity contribution >= 4 is 31.3 Å². The van der Waals surface area contributed by atoms with Gasteiger partial charge in [0.05, 0.1) is 20.8 Å². The van der Waals surface area contributed by atoms with E-state index in [1.807, 2.05) is 4.57 Å². The zero-order valence-corrected chi connectivity index (χ0v) is 34.1. The van der Waals surface area contributed by atoms with Gasteiger partial charge in [0.2, 0.25) is 0 Å². The van der Waals surface area contributed by atoms with E-state index in [2.05, 4.69) is 11.9 Å². The van der Waals surface area contributed by atoms with Gasteiger partial charge in [-0.3, -0.25) is 0 Å². The maximum absolute atomic E-state index is 11.5. The molecule has 0 aliphatic heterocycles. The molecule has 0 aliphatic carbocycles. The van der Waals surface area contributed by atoms with Crippen LogP contribution in [0.15, 0.2) is 52.3 Å². The predicted molar refractivity (Wildman–Crippen MR) is 160 cm³/mol. The zero-order valence-electron chi connectivity index (χ0n) is 26.2. The summed E-state index contributed by atoms with van der Waals surface area (Å²) in [5.74, 6) is 0.774. The van der Waals surface area contributed by atoms with Gasteiger partial charge < -0.3 is 13.7 Å². The van der Waals surface area contributed by atoms with Gasteiger partial charge in [0.25, 0.3) is 0 Å². The molecule has 0 radical (unpaired) electrons. The van der Waals surface area contributed by atoms with Crippen LogP contribution < -0.4 is 103 Å². The summed E-state index contributed by atoms with van der Waals surface area (Å²) in [5.41, 5.74) is 1.89. The average Bonchev–Trinajstić information content (AvgIpc) is 3.26. The number of hydrogen-bond acceptors (Lipinski definition) is 7. The minimum atomic E-state index is -4.60. The summed E-state index contributed by atoms with van der Waals surface area (Å²) in [4.78, 5) is 4.04. The van der Waals surface area contributed by atoms with E-state index in [0.717, 1.165) is 30.7 Å². The Bertz CT molecular complexity index is 1440. The smallest absolute Gasteiger partial charge is 0.744 e. The molecule has 0 amide bonds. The number of rotatable bonds is 20. The predicted octanol–water partition coefficient (Wildman–Crippen LogP) is 1.31. The molecule has 0 aliphatic rings. The summed E-state index contributed by atoms with van der Waals surface area (Å²) >= 11 is 0. The Labute approximate surface area is 343 Å². The SMILES string of the molecule is CCCCCCCCCCCCCCCCCc1nc2cc(S(=O)(=O)[O-])ccc2n1Cc1ccc(S(=O)(=O)[O-])cc1.[K+].[K+]. The Morgan fingerprint density at radius 3 is 1.53 bits per heavy atom. The number of benzene rings is 2. The van der Waals surface area contributed by atoms with Crippen LogP contribution in [0.3, 0.4) is 0 Å². The number of unbranched alkanes of at least 4 members (excludes halogenated alkanes) is 14. The van der Waals surface area contributed by atoms with Crippen molar-refractivity contribution in [2.24, 2.45) is 0 Å². The van der Waals surface area contributed by atoms with Gasteiger partial charge in [0.1, 0.15) is 26.1 Å². The van der Waals surface area contributed by atoms with Gasteiger partial charge in [-0.25, -0.2) is 21.8 Å². The molecular formula is C31H44K2N2O6S2. The molecule has 2 aromatic carbocycles. The fourth-order valence-corrected chi connectivity index (χ4v) is 6.24. The van der Waals surface area contributed by atoms with Gasteiger partial charge in [-0.15, -0.1) is 0 Å². The number of aryl methyl sites for hydroxylation is 1. The number of nitrogens with zero attached hydrogens (tertiary/aromatic N) is 2. The second-order valence-corrected chi connectivity index (χ2v) is 13.8. The van der Waals surface area contributed by atoms with E-state index in [-0.39, 0.29) is 113 Å². The average molecular weight is 683 g/mol. The van der Waals surface area contributed by atoms with Gasteiger partial charge >= 0.3 is 103 Å². The van der Waals surface area contributed by atoms with Crippen molar-refractivity contribution in [1.29, 1.82) is 0 Å². The normalized spacial score (nSPS) is 11.8. The Kier molecular flexibility index (Phi) is 21.3. The molecule has 1 aromatic heterocycles. The second kappa shape index (κ2) is 21.8. The second-order valence-electron chi connectivity index (χ2n) is 11.0. The van der Waals surface area contributed by atoms with Crippen LogP contribution in [0.2, 0.25) is 0 Å². The van der Waals surface area contributed by atoms with Crippen molar-refractivity contribution in [3.63, 3.8) is 0 Å². The third kappa shape index (κ3) is 15.2. The van der Waals surface area contributed by atoms with Crippen LogP contribution in [-0.4, -0.2) is 35.5 Å². The van der Waals surface area contributed by atoms with Crippen LogP contribution in [0.1, 0.15) is 115 Å². The van der Waals surface area contributed by atoms with Gasteiger partial charge in [-0.05, 0) is 42.3 Å². The molecule has 3 aromatic rings. The Morgan fingerprint density at radius 2 is 1.07 bits per heavy atom. The molecule has 0 spiro atoms. The molecule has 0 bridgehead atoms. The molecule has 0 atom stereocenters. The van der Waals surface area contributed by atoms with Crippen molar-refractivity contribution in [3.8, 4) is 0 Å². The van der Waals surface area contributed by atoms with Crippen LogP contribution in [0.5, 0.6) is 0 Å². The van der Waals surface area contributed by atoms with E-state index in [4.69, 9.17) is 0 Å².